The number of hydrogen-bond acceptors (Lipinski definition) is 6. The third-order valence-electron chi connectivity index (χ3n) is 5.87. The zero-order valence-electron chi connectivity index (χ0n) is 60.5. The van der Waals surface area contributed by atoms with Crippen molar-refractivity contribution in [3.63, 3.8) is 0 Å². The number of carbonyl (C=O) groups is 5. The van der Waals surface area contributed by atoms with Gasteiger partial charge in [-0.1, -0.05) is 104 Å². The molecule has 0 fully saturated rings. The summed E-state index contributed by atoms with van der Waals surface area (Å²) in [4.78, 5) is 66.4. The van der Waals surface area contributed by atoms with Crippen LogP contribution in [0.25, 0.3) is 5.41 Å². The van der Waals surface area contributed by atoms with Gasteiger partial charge in [0.1, 0.15) is 0 Å². The number of ketones is 3. The average Bonchev–Trinajstić information content (AvgIpc) is 3.81. The van der Waals surface area contributed by atoms with Gasteiger partial charge in [-0.15, -0.1) is 0 Å². The van der Waals surface area contributed by atoms with Gasteiger partial charge in [-0.2, -0.15) is 33.6 Å². The van der Waals surface area contributed by atoms with Crippen LogP contribution in [-0.4, -0.2) is 84.9 Å². The number of hydrogen-bond donors (Lipinski definition) is 0. The predicted octanol–water partition coefficient (Wildman–Crippen LogP) is 12.1. The van der Waals surface area contributed by atoms with E-state index in [1.807, 2.05) is 154 Å². The quantitative estimate of drug-likeness (QED) is 0.141. The van der Waals surface area contributed by atoms with Crippen LogP contribution in [0.1, 0.15) is 180 Å². The van der Waals surface area contributed by atoms with Gasteiger partial charge in [0.25, 0.3) is 0 Å². The molecule has 0 unspecified atom stereocenters. The van der Waals surface area contributed by atoms with Gasteiger partial charge in [0, 0.05) is 961 Å². The van der Waals surface area contributed by atoms with Crippen molar-refractivity contribution in [2.75, 3.05) is 13.1 Å². The molecular formula is C52H97N3O6W3Y28-6. The predicted molar refractivity (Wildman–Crippen MR) is 272 cm³/mol. The molecule has 2 aliphatic heterocycles. The molecule has 28 radical (unpaired) electrons. The molecule has 40 heteroatoms. The third kappa shape index (κ3) is 229. The van der Waals surface area contributed by atoms with Crippen molar-refractivity contribution in [2.24, 2.45) is 23.7 Å². The van der Waals surface area contributed by atoms with E-state index >= 15 is 0 Å². The minimum atomic E-state index is -0.141. The minimum Gasteiger partial charge on any atom is -0.542 e. The van der Waals surface area contributed by atoms with Crippen LogP contribution in [0.2, 0.25) is 0 Å². The van der Waals surface area contributed by atoms with Crippen LogP contribution < -0.4 is 0 Å². The van der Waals surface area contributed by atoms with Crippen molar-refractivity contribution >= 4 is 50.0 Å². The molecule has 0 aromatic heterocycles. The van der Waals surface area contributed by atoms with E-state index in [4.69, 9.17) is 10.2 Å². The molecule has 2 rings (SSSR count). The fourth-order valence-electron chi connectivity index (χ4n) is 3.39. The second kappa shape index (κ2) is 219. The van der Waals surface area contributed by atoms with Gasteiger partial charge in [0.15, 0.2) is 0 Å². The van der Waals surface area contributed by atoms with Gasteiger partial charge in [-0.05, 0) is 38.4 Å². The van der Waals surface area contributed by atoms with Crippen LogP contribution in [0, 0.1) is 49.0 Å². The summed E-state index contributed by atoms with van der Waals surface area (Å²) in [6, 6.07) is 0.606. The molecule has 2 amide bonds. The Morgan fingerprint density at radius 1 is 0.587 bits per heavy atom. The molecule has 0 atom stereocenters. The Labute approximate surface area is 1310 Å². The average molecular weight is 3900 g/mol. The van der Waals surface area contributed by atoms with Gasteiger partial charge in [-0.25, -0.2) is 0 Å². The van der Waals surface area contributed by atoms with Crippen LogP contribution in [0.15, 0.2) is 29.9 Å². The van der Waals surface area contributed by atoms with E-state index in [2.05, 4.69) is 26.8 Å². The third-order valence-corrected chi connectivity index (χ3v) is 7.04. The molecule has 0 aliphatic carbocycles. The standard InChI is InChI=1S/C10H12NO.C7H11NO.C7H10NO.2C6H11O.C4H10.C3H7.C2H3O.3C2H6.CH4.3W.28Y/c1-4-5-9-6-7-11(8(2)3)10(9)12;1-6(2)8-5-3-4-7(8)9;1-4-6(8)7(9)5(2)3;1-5(2)4-6(3)7;1-4-6(7)5(2)3;1-4(2)3;1-3-2;1-2-3;3*1-2;;;;;;;;;;;;;;;;;;;;;;;;;;;;;;;;/h1,4-5,8H,7H2,2-3H3;3-4,6H,5H2,1-2H3;1,5H,4H2,2-3H3;2*4-5H,1-3H3;4H,1-3H3;3H,1-2H3;1H3;3*1-2H3;1H4;;;;;;;;;;;;;;;;;;;;;;;;;;;;;;;/q-1;;3*-1;;2*-1;;;;;;;;;;;;;;;;;;;;;;;;;;;;;;;;;;;. The zero-order chi connectivity index (χ0) is 51.6. The number of nitrogens with zero attached hydrogens (tertiary/aromatic N) is 3. The molecule has 0 bridgehead atoms. The van der Waals surface area contributed by atoms with E-state index in [1.165, 1.54) is 51.9 Å². The molecule has 9 nitrogen and oxygen atoms in total. The van der Waals surface area contributed by atoms with Crippen molar-refractivity contribution in [1.82, 2.24) is 9.80 Å². The van der Waals surface area contributed by atoms with Gasteiger partial charge in [0.2, 0.25) is 5.91 Å². The maximum Gasteiger partial charge on any atom is 0.00115 e. The first-order chi connectivity index (χ1) is 28.8. The van der Waals surface area contributed by atoms with Crippen LogP contribution >= 0.6 is 0 Å². The topological polar surface area (TPSA) is 131 Å². The first-order valence-electron chi connectivity index (χ1n) is 22.1. The van der Waals surface area contributed by atoms with Crippen LogP contribution in [0.4, 0.5) is 0 Å². The summed E-state index contributed by atoms with van der Waals surface area (Å²) in [6.07, 6.45) is 17.5. The smallest absolute Gasteiger partial charge is 0.00115 e. The summed E-state index contributed by atoms with van der Waals surface area (Å²) in [5.41, 5.74) is 0.691. The molecular weight excluding hydrogens is 3800 g/mol. The number of Topliss-reactive ketones (excluding diaryl/α,β-unsaturated/α-hetero) is 3. The molecule has 0 aromatic rings. The fourth-order valence-corrected chi connectivity index (χ4v) is 4.24. The Hall–Kier alpha value is 29.0. The minimum absolute atomic E-state index is 0. The maximum absolute atomic E-state index is 11.6. The molecule has 0 spiro atoms. The van der Waals surface area contributed by atoms with Crippen molar-refractivity contribution in [2.45, 2.75) is 192 Å². The van der Waals surface area contributed by atoms with E-state index < -0.39 is 0 Å². The van der Waals surface area contributed by atoms with E-state index in [0.717, 1.165) is 12.5 Å². The second-order valence-electron chi connectivity index (χ2n) is 14.3. The first kappa shape index (κ1) is 259. The summed E-state index contributed by atoms with van der Waals surface area (Å²) < 4.78 is 3.83. The molecule has 92 heavy (non-hydrogen) atoms. The SMILES string of the molecule is C.CC.CC.CC.CC(=O)[CH-]C(C)C.CC(C)C.CC(C)C(=O)C(=[N-])C[CH]=[W].CC(C)N1CC=CC1=O.CC(C)N1C[C-]=C(C=C[CH]=[W])C1=O.C[C-]=O.C[CH-]C.C[CH-]C(=O)C(C)C.[W].[Y].[Y].[Y].[Y].[Y].[Y].[Y].[Y].[Y].[Y].[Y].[Y].[Y].[Y].[Y].[Y].[Y].[Y].[Y].[Y].[Y].[Y].[Y].[Y].[Y].[Y].[Y].[Y]. The van der Waals surface area contributed by atoms with Crippen molar-refractivity contribution in [3.8, 4) is 0 Å². The Balaban J connectivity index is -0.00000000911. The fraction of sp³-hybridized carbons (Fsp3) is 0.654. The normalized spacial score (nSPS) is 7.57. The van der Waals surface area contributed by atoms with Gasteiger partial charge < -0.3 is 38.5 Å². The Morgan fingerprint density at radius 3 is 0.978 bits per heavy atom. The summed E-state index contributed by atoms with van der Waals surface area (Å²) >= 11 is 2.66. The van der Waals surface area contributed by atoms with E-state index in [1.54, 1.807) is 46.6 Å². The molecule has 464 valence electrons. The number of rotatable bonds is 12. The van der Waals surface area contributed by atoms with Crippen molar-refractivity contribution in [3.05, 3.63) is 60.6 Å². The van der Waals surface area contributed by atoms with Crippen molar-refractivity contribution < 1.29 is 1000 Å². The van der Waals surface area contributed by atoms with Crippen LogP contribution in [-0.2, 0) is 1000 Å². The van der Waals surface area contributed by atoms with Crippen molar-refractivity contribution in [1.29, 1.82) is 0 Å². The second-order valence-corrected chi connectivity index (χ2v) is 16.5. The summed E-state index contributed by atoms with van der Waals surface area (Å²) in [5, 5.41) is 9.04. The number of allylic oxidation sites excluding steroid dienone is 1. The summed E-state index contributed by atoms with van der Waals surface area (Å²) in [5.74, 6) is 1.80. The zero-order valence-corrected chi connectivity index (χ0v) is 149. The monoisotopic (exact) mass is 3900 g/mol. The summed E-state index contributed by atoms with van der Waals surface area (Å²) in [7, 11) is 0. The maximum atomic E-state index is 11.6. The molecule has 2 aliphatic rings. The van der Waals surface area contributed by atoms with Crippen LogP contribution in [0.3, 0.4) is 0 Å². The van der Waals surface area contributed by atoms with E-state index in [0.29, 0.717) is 30.5 Å². The summed E-state index contributed by atoms with van der Waals surface area (Å²) in [6.45, 7) is 48.0. The molecule has 0 aromatic carbocycles. The largest absolute Gasteiger partial charge is 0.542 e. The Kier molecular flexibility index (Phi) is 618. The van der Waals surface area contributed by atoms with Gasteiger partial charge in [-0.3, -0.25) is 11.1 Å². The molecule has 0 N–H and O–H groups in total. The van der Waals surface area contributed by atoms with Gasteiger partial charge in [0.05, 0.1) is 0 Å². The molecule has 0 saturated heterocycles. The number of carbonyl (C=O) groups excluding carboxylic acids is 6. The van der Waals surface area contributed by atoms with Gasteiger partial charge >= 0.3 is 161 Å². The Bertz CT molecular complexity index is 1300. The molecule has 2 heterocycles. The van der Waals surface area contributed by atoms with Crippen LogP contribution in [0.5, 0.6) is 0 Å². The number of amides is 2. The van der Waals surface area contributed by atoms with E-state index in [-0.39, 0.29) is 997 Å². The molecule has 0 saturated carbocycles. The van der Waals surface area contributed by atoms with E-state index in [9.17, 15) is 24.0 Å². The first-order valence-corrected chi connectivity index (χ1v) is 25.5. The Morgan fingerprint density at radius 2 is 0.859 bits per heavy atom.